The van der Waals surface area contributed by atoms with Crippen molar-refractivity contribution in [2.75, 3.05) is 18.4 Å². The predicted octanol–water partition coefficient (Wildman–Crippen LogP) is 4.12. The van der Waals surface area contributed by atoms with E-state index in [9.17, 15) is 9.18 Å². The number of halogens is 3. The number of nitrogens with zero attached hydrogens (tertiary/aromatic N) is 1. The second kappa shape index (κ2) is 7.74. The van der Waals surface area contributed by atoms with Crippen LogP contribution in [-0.2, 0) is 0 Å². The fourth-order valence-electron chi connectivity index (χ4n) is 1.61. The van der Waals surface area contributed by atoms with Crippen LogP contribution in [0.2, 0.25) is 5.02 Å². The van der Waals surface area contributed by atoms with Gasteiger partial charge in [-0.3, -0.25) is 4.79 Å². The molecule has 0 unspecified atom stereocenters. The second-order valence-electron chi connectivity index (χ2n) is 3.94. The molecule has 0 fully saturated rings. The minimum atomic E-state index is -0.639. The van der Waals surface area contributed by atoms with Crippen LogP contribution in [0.25, 0.3) is 0 Å². The molecule has 0 heterocycles. The molecule has 1 amide bonds. The highest BCUT2D eigenvalue weighted by Crippen LogP contribution is 2.19. The van der Waals surface area contributed by atoms with Gasteiger partial charge in [0.1, 0.15) is 0 Å². The van der Waals surface area contributed by atoms with Gasteiger partial charge < -0.3 is 4.90 Å². The number of unbranched alkanes of at least 4 members (excludes halogenated alkanes) is 1. The van der Waals surface area contributed by atoms with Crippen molar-refractivity contribution in [2.24, 2.45) is 0 Å². The van der Waals surface area contributed by atoms with E-state index >= 15 is 0 Å². The Balaban J connectivity index is 2.90. The van der Waals surface area contributed by atoms with E-state index in [1.807, 2.05) is 0 Å². The molecular weight excluding hydrogens is 321 g/mol. The van der Waals surface area contributed by atoms with Crippen LogP contribution >= 0.6 is 27.5 Å². The number of hydrogen-bond acceptors (Lipinski definition) is 1. The van der Waals surface area contributed by atoms with Crippen LogP contribution in [0.1, 0.15) is 30.1 Å². The lowest BCUT2D eigenvalue weighted by atomic mass is 10.1. The summed E-state index contributed by atoms with van der Waals surface area (Å²) in [6.45, 7) is 3.24. The summed E-state index contributed by atoms with van der Waals surface area (Å²) in [5.74, 6) is -0.942. The van der Waals surface area contributed by atoms with Gasteiger partial charge in [-0.05, 0) is 18.6 Å². The normalized spacial score (nSPS) is 10.4. The van der Waals surface area contributed by atoms with Crippen LogP contribution in [0, 0.1) is 5.82 Å². The summed E-state index contributed by atoms with van der Waals surface area (Å²) >= 11 is 8.99. The lowest BCUT2D eigenvalue weighted by molar-refractivity contribution is 0.0759. The first-order valence-corrected chi connectivity index (χ1v) is 7.41. The highest BCUT2D eigenvalue weighted by atomic mass is 79.9. The molecule has 0 bridgehead atoms. The van der Waals surface area contributed by atoms with E-state index in [2.05, 4.69) is 22.9 Å². The summed E-state index contributed by atoms with van der Waals surface area (Å²) in [6.07, 6.45) is 1.89. The number of carbonyl (C=O) groups excluding carboxylic acids is 1. The summed E-state index contributed by atoms with van der Waals surface area (Å²) in [7, 11) is 0. The van der Waals surface area contributed by atoms with E-state index in [-0.39, 0.29) is 16.5 Å². The first-order valence-electron chi connectivity index (χ1n) is 5.91. The zero-order chi connectivity index (χ0) is 13.5. The Labute approximate surface area is 120 Å². The molecule has 1 rings (SSSR count). The largest absolute Gasteiger partial charge is 0.338 e. The highest BCUT2D eigenvalue weighted by Gasteiger charge is 2.19. The number of hydrogen-bond donors (Lipinski definition) is 0. The summed E-state index contributed by atoms with van der Waals surface area (Å²) in [5, 5.41) is 0.653. The number of alkyl halides is 1. The van der Waals surface area contributed by atoms with Crippen LogP contribution in [0.4, 0.5) is 4.39 Å². The van der Waals surface area contributed by atoms with Crippen molar-refractivity contribution < 1.29 is 9.18 Å². The van der Waals surface area contributed by atoms with Crippen molar-refractivity contribution in [3.8, 4) is 0 Å². The Kier molecular flexibility index (Phi) is 6.65. The minimum Gasteiger partial charge on any atom is -0.338 e. The standard InChI is InChI=1S/C13H16BrClFNO/c1-2-3-8-17(9-7-14)13(18)10-5-4-6-11(15)12(10)16/h4-6H,2-3,7-9H2,1H3. The molecule has 0 atom stereocenters. The molecule has 5 heteroatoms. The first-order chi connectivity index (χ1) is 8.61. The van der Waals surface area contributed by atoms with Crippen molar-refractivity contribution >= 4 is 33.4 Å². The average molecular weight is 337 g/mol. The lowest BCUT2D eigenvalue weighted by Gasteiger charge is -2.22. The predicted molar refractivity (Wildman–Crippen MR) is 76.0 cm³/mol. The van der Waals surface area contributed by atoms with Crippen molar-refractivity contribution in [3.63, 3.8) is 0 Å². The quantitative estimate of drug-likeness (QED) is 0.716. The molecule has 1 aromatic rings. The maximum atomic E-state index is 13.8. The third-order valence-corrected chi connectivity index (χ3v) is 3.25. The molecule has 0 N–H and O–H groups in total. The van der Waals surface area contributed by atoms with Crippen molar-refractivity contribution in [3.05, 3.63) is 34.6 Å². The molecule has 0 radical (unpaired) electrons. The van der Waals surface area contributed by atoms with E-state index in [0.29, 0.717) is 18.4 Å². The van der Waals surface area contributed by atoms with Gasteiger partial charge in [0.25, 0.3) is 5.91 Å². The van der Waals surface area contributed by atoms with Crippen LogP contribution in [0.5, 0.6) is 0 Å². The number of benzene rings is 1. The van der Waals surface area contributed by atoms with E-state index in [4.69, 9.17) is 11.6 Å². The van der Waals surface area contributed by atoms with Crippen LogP contribution in [-0.4, -0.2) is 29.2 Å². The van der Waals surface area contributed by atoms with E-state index in [0.717, 1.165) is 12.8 Å². The zero-order valence-corrected chi connectivity index (χ0v) is 12.6. The van der Waals surface area contributed by atoms with Crippen LogP contribution < -0.4 is 0 Å². The van der Waals surface area contributed by atoms with E-state index < -0.39 is 5.82 Å². The van der Waals surface area contributed by atoms with Crippen molar-refractivity contribution in [2.45, 2.75) is 19.8 Å². The number of carbonyl (C=O) groups is 1. The molecule has 2 nitrogen and oxygen atoms in total. The lowest BCUT2D eigenvalue weighted by Crippen LogP contribution is -2.34. The van der Waals surface area contributed by atoms with Gasteiger partial charge in [-0.1, -0.05) is 46.9 Å². The molecule has 0 aromatic heterocycles. The summed E-state index contributed by atoms with van der Waals surface area (Å²) in [6, 6.07) is 4.50. The Morgan fingerprint density at radius 3 is 2.78 bits per heavy atom. The Morgan fingerprint density at radius 1 is 1.44 bits per heavy atom. The van der Waals surface area contributed by atoms with Gasteiger partial charge >= 0.3 is 0 Å². The first kappa shape index (κ1) is 15.4. The van der Waals surface area contributed by atoms with E-state index in [1.54, 1.807) is 11.0 Å². The molecule has 100 valence electrons. The second-order valence-corrected chi connectivity index (χ2v) is 5.14. The third-order valence-electron chi connectivity index (χ3n) is 2.61. The molecule has 0 saturated carbocycles. The fourth-order valence-corrected chi connectivity index (χ4v) is 2.21. The van der Waals surface area contributed by atoms with Crippen molar-refractivity contribution in [1.82, 2.24) is 4.90 Å². The summed E-state index contributed by atoms with van der Waals surface area (Å²) in [4.78, 5) is 13.9. The Bertz CT molecular complexity index is 414. The van der Waals surface area contributed by atoms with Gasteiger partial charge in [0.2, 0.25) is 0 Å². The maximum absolute atomic E-state index is 13.8. The van der Waals surface area contributed by atoms with Gasteiger partial charge in [0, 0.05) is 18.4 Å². The van der Waals surface area contributed by atoms with Gasteiger partial charge in [0.05, 0.1) is 10.6 Å². The van der Waals surface area contributed by atoms with Gasteiger partial charge in [-0.25, -0.2) is 4.39 Å². The molecule has 0 aliphatic carbocycles. The average Bonchev–Trinajstić information content (AvgIpc) is 2.37. The van der Waals surface area contributed by atoms with Gasteiger partial charge in [-0.2, -0.15) is 0 Å². The Hall–Kier alpha value is -0.610. The topological polar surface area (TPSA) is 20.3 Å². The van der Waals surface area contributed by atoms with Gasteiger partial charge in [0.15, 0.2) is 5.82 Å². The molecule has 18 heavy (non-hydrogen) atoms. The summed E-state index contributed by atoms with van der Waals surface area (Å²) < 4.78 is 13.8. The Morgan fingerprint density at radius 2 is 2.17 bits per heavy atom. The van der Waals surface area contributed by atoms with Gasteiger partial charge in [-0.15, -0.1) is 0 Å². The molecule has 0 aliphatic rings. The minimum absolute atomic E-state index is 0.0184. The molecule has 0 spiro atoms. The molecule has 0 saturated heterocycles. The third kappa shape index (κ3) is 3.95. The molecular formula is C13H16BrClFNO. The monoisotopic (exact) mass is 335 g/mol. The van der Waals surface area contributed by atoms with Crippen LogP contribution in [0.3, 0.4) is 0 Å². The molecule has 1 aromatic carbocycles. The van der Waals surface area contributed by atoms with Crippen molar-refractivity contribution in [1.29, 1.82) is 0 Å². The smallest absolute Gasteiger partial charge is 0.256 e. The SMILES string of the molecule is CCCCN(CCBr)C(=O)c1cccc(Cl)c1F. The van der Waals surface area contributed by atoms with E-state index in [1.165, 1.54) is 12.1 Å². The molecule has 0 aliphatic heterocycles. The summed E-state index contributed by atoms with van der Waals surface area (Å²) in [5.41, 5.74) is 0.0413. The maximum Gasteiger partial charge on any atom is 0.256 e. The highest BCUT2D eigenvalue weighted by molar-refractivity contribution is 9.09. The zero-order valence-electron chi connectivity index (χ0n) is 10.3. The van der Waals surface area contributed by atoms with Crippen LogP contribution in [0.15, 0.2) is 18.2 Å². The fraction of sp³-hybridized carbons (Fsp3) is 0.462. The number of rotatable bonds is 6. The number of amides is 1.